The fourth-order valence-corrected chi connectivity index (χ4v) is 5.84. The number of nitrogens with zero attached hydrogens (tertiary/aromatic N) is 3. The summed E-state index contributed by atoms with van der Waals surface area (Å²) in [6.07, 6.45) is 3.42. The molecular formula is C37H41N5O4. The number of aromatic nitrogens is 3. The van der Waals surface area contributed by atoms with E-state index in [4.69, 9.17) is 9.47 Å². The summed E-state index contributed by atoms with van der Waals surface area (Å²) in [4.78, 5) is 36.6. The van der Waals surface area contributed by atoms with Gasteiger partial charge in [0.05, 0.1) is 12.8 Å². The number of urea groups is 1. The number of hydrogen-bond donors (Lipinski definition) is 2. The Morgan fingerprint density at radius 1 is 0.913 bits per heavy atom. The molecule has 0 bridgehead atoms. The molecule has 3 aromatic heterocycles. The number of amides is 2. The van der Waals surface area contributed by atoms with E-state index < -0.39 is 6.03 Å². The second-order valence-electron chi connectivity index (χ2n) is 12.1. The van der Waals surface area contributed by atoms with Crippen molar-refractivity contribution in [3.63, 3.8) is 0 Å². The highest BCUT2D eigenvalue weighted by molar-refractivity contribution is 6.07. The minimum absolute atomic E-state index is 0.145. The van der Waals surface area contributed by atoms with Gasteiger partial charge in [0.15, 0.2) is 0 Å². The Morgan fingerprint density at radius 2 is 1.59 bits per heavy atom. The van der Waals surface area contributed by atoms with Crippen molar-refractivity contribution in [3.05, 3.63) is 105 Å². The van der Waals surface area contributed by atoms with Crippen molar-refractivity contribution < 1.29 is 14.3 Å². The third-order valence-electron chi connectivity index (χ3n) is 8.24. The minimum atomic E-state index is -0.501. The number of methoxy groups -OCH3 is 1. The molecule has 9 heteroatoms. The van der Waals surface area contributed by atoms with E-state index in [1.807, 2.05) is 68.4 Å². The number of nitrogens with one attached hydrogen (secondary N) is 2. The Hall–Kier alpha value is -5.18. The van der Waals surface area contributed by atoms with Gasteiger partial charge < -0.3 is 20.1 Å². The second kappa shape index (κ2) is 13.4. The maximum atomic E-state index is 13.9. The first kappa shape index (κ1) is 32.2. The van der Waals surface area contributed by atoms with Gasteiger partial charge in [-0.2, -0.15) is 0 Å². The predicted molar refractivity (Wildman–Crippen MR) is 184 cm³/mol. The summed E-state index contributed by atoms with van der Waals surface area (Å²) >= 11 is 0. The largest absolute Gasteiger partial charge is 0.496 e. The zero-order valence-corrected chi connectivity index (χ0v) is 27.7. The van der Waals surface area contributed by atoms with Crippen LogP contribution in [0, 0.1) is 13.8 Å². The van der Waals surface area contributed by atoms with Crippen LogP contribution < -0.4 is 25.7 Å². The molecule has 3 heterocycles. The lowest BCUT2D eigenvalue weighted by Crippen LogP contribution is -2.29. The first-order chi connectivity index (χ1) is 22.0. The summed E-state index contributed by atoms with van der Waals surface area (Å²) in [5.74, 6) is 1.74. The molecule has 0 aliphatic heterocycles. The molecule has 238 valence electrons. The predicted octanol–water partition coefficient (Wildman–Crippen LogP) is 8.09. The smallest absolute Gasteiger partial charge is 0.323 e. The average Bonchev–Trinajstić information content (AvgIpc) is 3.03. The molecule has 46 heavy (non-hydrogen) atoms. The van der Waals surface area contributed by atoms with Gasteiger partial charge in [-0.05, 0) is 66.6 Å². The molecule has 0 unspecified atom stereocenters. The zero-order chi connectivity index (χ0) is 33.1. The normalized spacial score (nSPS) is 11.3. The summed E-state index contributed by atoms with van der Waals surface area (Å²) in [7, 11) is 3.30. The lowest BCUT2D eigenvalue weighted by Gasteiger charge is -2.21. The molecule has 0 radical (unpaired) electrons. The van der Waals surface area contributed by atoms with E-state index in [0.29, 0.717) is 27.9 Å². The van der Waals surface area contributed by atoms with Gasteiger partial charge in [0.2, 0.25) is 0 Å². The Bertz CT molecular complexity index is 1950. The third kappa shape index (κ3) is 6.31. The van der Waals surface area contributed by atoms with E-state index in [1.54, 1.807) is 26.6 Å². The van der Waals surface area contributed by atoms with Crippen LogP contribution in [0.25, 0.3) is 22.2 Å². The molecular weight excluding hydrogens is 578 g/mol. The van der Waals surface area contributed by atoms with Crippen molar-refractivity contribution in [1.82, 2.24) is 14.5 Å². The number of para-hydroxylation sites is 1. The summed E-state index contributed by atoms with van der Waals surface area (Å²) in [6, 6.07) is 16.7. The summed E-state index contributed by atoms with van der Waals surface area (Å²) in [6.45, 7) is 12.5. The van der Waals surface area contributed by atoms with Crippen molar-refractivity contribution in [2.24, 2.45) is 7.05 Å². The molecule has 2 amide bonds. The highest BCUT2D eigenvalue weighted by Gasteiger charge is 2.22. The second-order valence-corrected chi connectivity index (χ2v) is 12.1. The molecule has 0 aliphatic carbocycles. The van der Waals surface area contributed by atoms with Gasteiger partial charge in [-0.15, -0.1) is 0 Å². The third-order valence-corrected chi connectivity index (χ3v) is 8.24. The van der Waals surface area contributed by atoms with Crippen LogP contribution in [0.5, 0.6) is 11.5 Å². The SMILES string of the molecule is COc1c(C)cnc(COc2cccc(-c3c(NC(=O)Nc4c(C(C)C)cccc4C(C)C)c(=O)n(C)c4ncccc34)c2)c1C. The highest BCUT2D eigenvalue weighted by Crippen LogP contribution is 2.36. The molecule has 0 spiro atoms. The molecule has 0 aliphatic rings. The van der Waals surface area contributed by atoms with E-state index >= 15 is 0 Å². The van der Waals surface area contributed by atoms with E-state index in [2.05, 4.69) is 48.3 Å². The van der Waals surface area contributed by atoms with Crippen molar-refractivity contribution in [3.8, 4) is 22.6 Å². The fourth-order valence-electron chi connectivity index (χ4n) is 5.84. The first-order valence-electron chi connectivity index (χ1n) is 15.4. The Labute approximate surface area is 269 Å². The maximum Gasteiger partial charge on any atom is 0.323 e. The number of hydrogen-bond acceptors (Lipinski definition) is 6. The number of fused-ring (bicyclic) bond motifs is 1. The van der Waals surface area contributed by atoms with Gasteiger partial charge in [-0.1, -0.05) is 58.0 Å². The van der Waals surface area contributed by atoms with Crippen LogP contribution in [-0.4, -0.2) is 27.7 Å². The van der Waals surface area contributed by atoms with Gasteiger partial charge in [-0.25, -0.2) is 9.78 Å². The van der Waals surface area contributed by atoms with Gasteiger partial charge in [0.1, 0.15) is 29.4 Å². The van der Waals surface area contributed by atoms with Gasteiger partial charge in [-0.3, -0.25) is 14.3 Å². The van der Waals surface area contributed by atoms with Crippen LogP contribution in [0.3, 0.4) is 0 Å². The number of pyridine rings is 3. The van der Waals surface area contributed by atoms with E-state index in [9.17, 15) is 9.59 Å². The number of carbonyl (C=O) groups excluding carboxylic acids is 1. The van der Waals surface area contributed by atoms with Crippen LogP contribution in [0.15, 0.2) is 71.8 Å². The maximum absolute atomic E-state index is 13.9. The first-order valence-corrected chi connectivity index (χ1v) is 15.4. The fraction of sp³-hybridized carbons (Fsp3) is 0.297. The number of rotatable bonds is 9. The topological polar surface area (TPSA) is 107 Å². The quantitative estimate of drug-likeness (QED) is 0.173. The molecule has 5 rings (SSSR count). The molecule has 0 saturated heterocycles. The van der Waals surface area contributed by atoms with Crippen LogP contribution in [0.4, 0.5) is 16.2 Å². The monoisotopic (exact) mass is 619 g/mol. The Morgan fingerprint density at radius 3 is 2.26 bits per heavy atom. The van der Waals surface area contributed by atoms with Gasteiger partial charge in [0, 0.05) is 47.2 Å². The van der Waals surface area contributed by atoms with Crippen molar-refractivity contribution in [2.45, 2.75) is 60.0 Å². The van der Waals surface area contributed by atoms with Crippen molar-refractivity contribution >= 4 is 28.4 Å². The summed E-state index contributed by atoms with van der Waals surface area (Å²) in [5, 5.41) is 6.71. The van der Waals surface area contributed by atoms with Gasteiger partial charge >= 0.3 is 6.03 Å². The number of benzene rings is 2. The van der Waals surface area contributed by atoms with Crippen molar-refractivity contribution in [2.75, 3.05) is 17.7 Å². The number of anilines is 2. The van der Waals surface area contributed by atoms with Crippen LogP contribution in [0.1, 0.15) is 67.5 Å². The average molecular weight is 620 g/mol. The number of aryl methyl sites for hydroxylation is 2. The van der Waals surface area contributed by atoms with E-state index in [0.717, 1.165) is 39.4 Å². The number of ether oxygens (including phenoxy) is 2. The zero-order valence-electron chi connectivity index (χ0n) is 27.7. The Balaban J connectivity index is 1.55. The molecule has 9 nitrogen and oxygen atoms in total. The van der Waals surface area contributed by atoms with Crippen LogP contribution >= 0.6 is 0 Å². The standard InChI is InChI=1S/C37H41N5O4/c1-21(2)27-14-10-15-28(22(3)4)32(27)40-37(44)41-33-31(29-16-11-17-38-35(29)42(7)36(33)43)25-12-9-13-26(18-25)46-20-30-24(6)34(45-8)23(5)19-39-30/h9-19,21-22H,20H2,1-8H3,(H2,40,41,44). The molecule has 0 saturated carbocycles. The number of carbonyl (C=O) groups is 1. The summed E-state index contributed by atoms with van der Waals surface area (Å²) in [5.41, 5.74) is 6.96. The lowest BCUT2D eigenvalue weighted by molar-refractivity contribution is 0.262. The van der Waals surface area contributed by atoms with E-state index in [-0.39, 0.29) is 29.7 Å². The van der Waals surface area contributed by atoms with Gasteiger partial charge in [0.25, 0.3) is 5.56 Å². The summed E-state index contributed by atoms with van der Waals surface area (Å²) < 4.78 is 13.2. The Kier molecular flexibility index (Phi) is 9.41. The van der Waals surface area contributed by atoms with Crippen LogP contribution in [0.2, 0.25) is 0 Å². The molecule has 2 N–H and O–H groups in total. The highest BCUT2D eigenvalue weighted by atomic mass is 16.5. The molecule has 0 atom stereocenters. The van der Waals surface area contributed by atoms with Crippen molar-refractivity contribution in [1.29, 1.82) is 0 Å². The minimum Gasteiger partial charge on any atom is -0.496 e. The van der Waals surface area contributed by atoms with Crippen LogP contribution in [-0.2, 0) is 13.7 Å². The molecule has 5 aromatic rings. The molecule has 0 fully saturated rings. The van der Waals surface area contributed by atoms with E-state index in [1.165, 1.54) is 4.57 Å². The molecule has 2 aromatic carbocycles. The lowest BCUT2D eigenvalue weighted by atomic mass is 9.93.